The van der Waals surface area contributed by atoms with E-state index in [2.05, 4.69) is 20.3 Å². The lowest BCUT2D eigenvalue weighted by Crippen LogP contribution is -2.08. The second-order valence-electron chi connectivity index (χ2n) is 8.30. The zero-order valence-electron chi connectivity index (χ0n) is 19.6. The maximum atomic E-state index is 14.0. The monoisotopic (exact) mass is 550 g/mol. The van der Waals surface area contributed by atoms with Gasteiger partial charge in [-0.15, -0.1) is 0 Å². The van der Waals surface area contributed by atoms with Crippen LogP contribution in [0.4, 0.5) is 33.6 Å². The molecule has 0 radical (unpaired) electrons. The summed E-state index contributed by atoms with van der Waals surface area (Å²) in [6.45, 7) is -0.486. The van der Waals surface area contributed by atoms with Crippen molar-refractivity contribution in [2.75, 3.05) is 11.6 Å². The van der Waals surface area contributed by atoms with Crippen molar-refractivity contribution in [3.63, 3.8) is 0 Å². The molecule has 7 nitrogen and oxygen atoms in total. The number of alkyl halides is 3. The van der Waals surface area contributed by atoms with Gasteiger partial charge in [0.15, 0.2) is 15.7 Å². The summed E-state index contributed by atoms with van der Waals surface area (Å²) in [7, 11) is -3.25. The Morgan fingerprint density at radius 3 is 2.45 bits per heavy atom. The average molecular weight is 551 g/mol. The van der Waals surface area contributed by atoms with Crippen LogP contribution in [-0.2, 0) is 28.4 Å². The number of ether oxygens (including phenoxy) is 1. The first kappa shape index (κ1) is 26.9. The smallest absolute Gasteiger partial charge is 0.416 e. The van der Waals surface area contributed by atoms with E-state index >= 15 is 0 Å². The average Bonchev–Trinajstić information content (AvgIpc) is 2.81. The largest absolute Gasteiger partial charge is 0.488 e. The molecule has 0 aliphatic carbocycles. The van der Waals surface area contributed by atoms with E-state index in [4.69, 9.17) is 4.74 Å². The highest BCUT2D eigenvalue weighted by atomic mass is 32.2. The number of anilines is 2. The van der Waals surface area contributed by atoms with E-state index in [0.29, 0.717) is 17.3 Å². The number of rotatable bonds is 8. The molecule has 38 heavy (non-hydrogen) atoms. The third kappa shape index (κ3) is 7.22. The molecule has 0 bridgehead atoms. The van der Waals surface area contributed by atoms with E-state index in [0.717, 1.165) is 30.5 Å². The minimum atomic E-state index is -4.75. The van der Waals surface area contributed by atoms with Gasteiger partial charge in [0, 0.05) is 18.0 Å². The van der Waals surface area contributed by atoms with Gasteiger partial charge in [-0.1, -0.05) is 12.1 Å². The van der Waals surface area contributed by atoms with Gasteiger partial charge in [-0.2, -0.15) is 18.2 Å². The van der Waals surface area contributed by atoms with E-state index in [-0.39, 0.29) is 34.4 Å². The van der Waals surface area contributed by atoms with E-state index in [1.165, 1.54) is 12.4 Å². The van der Waals surface area contributed by atoms with Crippen molar-refractivity contribution in [1.82, 2.24) is 15.0 Å². The second kappa shape index (κ2) is 10.7. The molecule has 0 spiro atoms. The molecule has 4 rings (SSSR count). The molecule has 0 unspecified atom stereocenters. The lowest BCUT2D eigenvalue weighted by molar-refractivity contribution is -0.137. The highest BCUT2D eigenvalue weighted by Crippen LogP contribution is 2.32. The molecule has 1 heterocycles. The molecular weight excluding hydrogens is 531 g/mol. The van der Waals surface area contributed by atoms with Gasteiger partial charge >= 0.3 is 6.18 Å². The van der Waals surface area contributed by atoms with Gasteiger partial charge in [-0.25, -0.2) is 27.2 Å². The summed E-state index contributed by atoms with van der Waals surface area (Å²) in [5.74, 6) is -1.88. The summed E-state index contributed by atoms with van der Waals surface area (Å²) in [6, 6.07) is 12.1. The maximum Gasteiger partial charge on any atom is 0.416 e. The molecule has 4 aromatic rings. The molecule has 0 saturated heterocycles. The quantitative estimate of drug-likeness (QED) is 0.281. The van der Waals surface area contributed by atoms with E-state index in [9.17, 15) is 30.4 Å². The fourth-order valence-electron chi connectivity index (χ4n) is 3.52. The second-order valence-corrected chi connectivity index (χ2v) is 10.4. The third-order valence-corrected chi connectivity index (χ3v) is 5.91. The Bertz CT molecular complexity index is 1580. The van der Waals surface area contributed by atoms with Crippen LogP contribution in [0.5, 0.6) is 5.75 Å². The van der Waals surface area contributed by atoms with Gasteiger partial charge in [-0.05, 0) is 53.6 Å². The Morgan fingerprint density at radius 1 is 0.921 bits per heavy atom. The van der Waals surface area contributed by atoms with E-state index in [1.807, 2.05) is 0 Å². The molecule has 0 saturated carbocycles. The lowest BCUT2D eigenvalue weighted by Gasteiger charge is -2.13. The highest BCUT2D eigenvalue weighted by Gasteiger charge is 2.31. The first-order chi connectivity index (χ1) is 17.9. The molecule has 0 aliphatic rings. The predicted molar refractivity (Wildman–Crippen MR) is 129 cm³/mol. The number of hydrogen-bond acceptors (Lipinski definition) is 7. The maximum absolute atomic E-state index is 14.0. The number of aromatic nitrogens is 3. The lowest BCUT2D eigenvalue weighted by atomic mass is 10.1. The molecule has 13 heteroatoms. The van der Waals surface area contributed by atoms with Crippen LogP contribution in [0.2, 0.25) is 0 Å². The van der Waals surface area contributed by atoms with Crippen molar-refractivity contribution < 1.29 is 35.1 Å². The van der Waals surface area contributed by atoms with Crippen LogP contribution in [0.3, 0.4) is 0 Å². The Balaban J connectivity index is 1.58. The van der Waals surface area contributed by atoms with Crippen LogP contribution in [0, 0.1) is 11.6 Å². The van der Waals surface area contributed by atoms with Gasteiger partial charge < -0.3 is 10.1 Å². The molecule has 0 atom stereocenters. The van der Waals surface area contributed by atoms with Gasteiger partial charge in [-0.3, -0.25) is 0 Å². The zero-order valence-corrected chi connectivity index (χ0v) is 20.4. The summed E-state index contributed by atoms with van der Waals surface area (Å²) >= 11 is 0. The van der Waals surface area contributed by atoms with Crippen molar-refractivity contribution in [3.05, 3.63) is 95.3 Å². The Hall–Kier alpha value is -4.13. The number of nitrogens with one attached hydrogen (secondary N) is 1. The van der Waals surface area contributed by atoms with E-state index < -0.39 is 39.8 Å². The van der Waals surface area contributed by atoms with Gasteiger partial charge in [0.25, 0.3) is 0 Å². The van der Waals surface area contributed by atoms with Gasteiger partial charge in [0.05, 0.1) is 16.9 Å². The normalized spacial score (nSPS) is 11.8. The molecule has 0 aliphatic heterocycles. The molecule has 3 aromatic carbocycles. The fourth-order valence-corrected chi connectivity index (χ4v) is 4.30. The summed E-state index contributed by atoms with van der Waals surface area (Å²) in [6.07, 6.45) is -2.45. The number of sulfone groups is 1. The molecule has 0 fully saturated rings. The Morgan fingerprint density at radius 2 is 1.71 bits per heavy atom. The Labute approximate surface area is 214 Å². The van der Waals surface area contributed by atoms with Crippen LogP contribution >= 0.6 is 0 Å². The molecule has 0 amide bonds. The van der Waals surface area contributed by atoms with Gasteiger partial charge in [0.1, 0.15) is 30.3 Å². The van der Waals surface area contributed by atoms with Crippen molar-refractivity contribution in [2.24, 2.45) is 0 Å². The van der Waals surface area contributed by atoms with Crippen LogP contribution in [0.15, 0.2) is 67.0 Å². The summed E-state index contributed by atoms with van der Waals surface area (Å²) in [5.41, 5.74) is -0.0310. The molecular formula is C25H19F5N4O3S. The van der Waals surface area contributed by atoms with Crippen molar-refractivity contribution in [3.8, 4) is 17.1 Å². The predicted octanol–water partition coefficient (Wildman–Crippen LogP) is 5.70. The topological polar surface area (TPSA) is 94.1 Å². The Kier molecular flexibility index (Phi) is 7.58. The standard InChI is InChI=1S/C25H19F5N4O3S/c1-38(35,36)13-15-3-2-4-20(9-15)33-24-32-14-31-23(34-24)21-6-5-18(26)11-22(21)37-12-16-7-17(25(28,29)30)10-19(27)8-16/h2-11,14H,12-13H2,1H3,(H,31,32,33,34). The highest BCUT2D eigenvalue weighted by molar-refractivity contribution is 7.89. The van der Waals surface area contributed by atoms with E-state index in [1.54, 1.807) is 24.3 Å². The van der Waals surface area contributed by atoms with Crippen LogP contribution in [0.1, 0.15) is 16.7 Å². The number of hydrogen-bond donors (Lipinski definition) is 1. The summed E-state index contributed by atoms with van der Waals surface area (Å²) in [5, 5.41) is 2.94. The molecule has 1 N–H and O–H groups in total. The first-order valence-electron chi connectivity index (χ1n) is 10.9. The minimum Gasteiger partial charge on any atom is -0.488 e. The summed E-state index contributed by atoms with van der Waals surface area (Å²) in [4.78, 5) is 12.4. The van der Waals surface area contributed by atoms with Gasteiger partial charge in [0.2, 0.25) is 5.95 Å². The number of benzene rings is 3. The van der Waals surface area contributed by atoms with Crippen LogP contribution in [-0.4, -0.2) is 29.6 Å². The molecule has 198 valence electrons. The fraction of sp³-hybridized carbons (Fsp3) is 0.160. The van der Waals surface area contributed by atoms with Crippen molar-refractivity contribution in [2.45, 2.75) is 18.5 Å². The third-order valence-electron chi connectivity index (χ3n) is 5.05. The SMILES string of the molecule is CS(=O)(=O)Cc1cccc(Nc2ncnc(-c3ccc(F)cc3OCc3cc(F)cc(C(F)(F)F)c3)n2)c1. The van der Waals surface area contributed by atoms with Crippen molar-refractivity contribution >= 4 is 21.5 Å². The first-order valence-corrected chi connectivity index (χ1v) is 12.9. The minimum absolute atomic E-state index is 0.0556. The molecule has 1 aromatic heterocycles. The van der Waals surface area contributed by atoms with Crippen molar-refractivity contribution in [1.29, 1.82) is 0 Å². The van der Waals surface area contributed by atoms with Crippen LogP contribution < -0.4 is 10.1 Å². The summed E-state index contributed by atoms with van der Waals surface area (Å²) < 4.78 is 95.5. The number of halogens is 5. The van der Waals surface area contributed by atoms with Crippen LogP contribution in [0.25, 0.3) is 11.4 Å². The zero-order chi connectivity index (χ0) is 27.5. The number of nitrogens with zero attached hydrogens (tertiary/aromatic N) is 3.